The highest BCUT2D eigenvalue weighted by Gasteiger charge is 2.19. The van der Waals surface area contributed by atoms with Crippen molar-refractivity contribution in [1.82, 2.24) is 9.78 Å². The molecule has 0 aliphatic rings. The van der Waals surface area contributed by atoms with E-state index in [-0.39, 0.29) is 5.56 Å². The lowest BCUT2D eigenvalue weighted by Gasteiger charge is -2.04. The average Bonchev–Trinajstić information content (AvgIpc) is 3.09. The Kier molecular flexibility index (Phi) is 5.38. The molecule has 0 bridgehead atoms. The predicted molar refractivity (Wildman–Crippen MR) is 120 cm³/mol. The van der Waals surface area contributed by atoms with E-state index in [0.29, 0.717) is 32.7 Å². The minimum atomic E-state index is -0.170. The third-order valence-corrected chi connectivity index (χ3v) is 5.27. The zero-order valence-corrected chi connectivity index (χ0v) is 17.1. The fraction of sp³-hybridized carbons (Fsp3) is 0.0435. The number of H-pyrrole nitrogens is 1. The molecule has 0 radical (unpaired) electrons. The van der Waals surface area contributed by atoms with Gasteiger partial charge in [-0.05, 0) is 37.3 Å². The quantitative estimate of drug-likeness (QED) is 0.387. The van der Waals surface area contributed by atoms with Gasteiger partial charge in [0.15, 0.2) is 0 Å². The Morgan fingerprint density at radius 3 is 2.21 bits per heavy atom. The summed E-state index contributed by atoms with van der Waals surface area (Å²) in [7, 11) is 0. The first kappa shape index (κ1) is 19.2. The molecular weight excluding hydrogens is 405 g/mol. The highest BCUT2D eigenvalue weighted by molar-refractivity contribution is 6.42. The summed E-state index contributed by atoms with van der Waals surface area (Å²) in [6, 6.07) is 24.3. The number of hydrogen-bond donors (Lipinski definition) is 1. The van der Waals surface area contributed by atoms with Crippen LogP contribution in [0.15, 0.2) is 88.6 Å². The molecule has 1 N–H and O–H groups in total. The first-order valence-corrected chi connectivity index (χ1v) is 9.77. The summed E-state index contributed by atoms with van der Waals surface area (Å²) in [5.74, 6) is 0. The first-order chi connectivity index (χ1) is 14.0. The third-order valence-electron chi connectivity index (χ3n) is 4.53. The molecule has 144 valence electrons. The molecule has 0 saturated carbocycles. The van der Waals surface area contributed by atoms with Crippen LogP contribution in [0.1, 0.15) is 12.5 Å². The van der Waals surface area contributed by atoms with E-state index in [0.717, 1.165) is 11.3 Å². The van der Waals surface area contributed by atoms with Crippen LogP contribution in [0.3, 0.4) is 0 Å². The van der Waals surface area contributed by atoms with Crippen LogP contribution in [-0.4, -0.2) is 15.5 Å². The van der Waals surface area contributed by atoms with E-state index in [1.54, 1.807) is 18.2 Å². The zero-order valence-electron chi connectivity index (χ0n) is 15.6. The van der Waals surface area contributed by atoms with Crippen molar-refractivity contribution in [2.75, 3.05) is 0 Å². The molecule has 0 atom stereocenters. The fourth-order valence-corrected chi connectivity index (χ4v) is 3.44. The number of aromatic amines is 1. The predicted octanol–water partition coefficient (Wildman–Crippen LogP) is 6.28. The lowest BCUT2D eigenvalue weighted by Crippen LogP contribution is -2.19. The van der Waals surface area contributed by atoms with Crippen molar-refractivity contribution < 1.29 is 0 Å². The van der Waals surface area contributed by atoms with Crippen LogP contribution in [-0.2, 0) is 0 Å². The number of nitrogens with one attached hydrogen (secondary N) is 1. The Balaban J connectivity index is 1.91. The summed E-state index contributed by atoms with van der Waals surface area (Å²) in [4.78, 5) is 17.9. The number of hydrogen-bond acceptors (Lipinski definition) is 2. The Labute approximate surface area is 178 Å². The van der Waals surface area contributed by atoms with Gasteiger partial charge < -0.3 is 0 Å². The van der Waals surface area contributed by atoms with Gasteiger partial charge in [-0.3, -0.25) is 14.9 Å². The molecule has 4 nitrogen and oxygen atoms in total. The molecule has 1 heterocycles. The van der Waals surface area contributed by atoms with Gasteiger partial charge in [0.25, 0.3) is 5.56 Å². The molecule has 0 aliphatic heterocycles. The Morgan fingerprint density at radius 2 is 1.55 bits per heavy atom. The van der Waals surface area contributed by atoms with Crippen molar-refractivity contribution in [3.05, 3.63) is 105 Å². The number of para-hydroxylation sites is 1. The van der Waals surface area contributed by atoms with Crippen LogP contribution in [0.2, 0.25) is 10.0 Å². The normalized spacial score (nSPS) is 11.6. The van der Waals surface area contributed by atoms with Gasteiger partial charge in [0.05, 0.1) is 38.4 Å². The Morgan fingerprint density at radius 1 is 0.897 bits per heavy atom. The van der Waals surface area contributed by atoms with Crippen molar-refractivity contribution in [3.8, 4) is 16.9 Å². The molecule has 0 saturated heterocycles. The summed E-state index contributed by atoms with van der Waals surface area (Å²) in [5.41, 5.74) is 3.91. The maximum Gasteiger partial charge on any atom is 0.280 e. The topological polar surface area (TPSA) is 50.1 Å². The van der Waals surface area contributed by atoms with E-state index in [9.17, 15) is 4.79 Å². The molecule has 29 heavy (non-hydrogen) atoms. The van der Waals surface area contributed by atoms with E-state index in [1.807, 2.05) is 67.6 Å². The number of aliphatic imine (C=N–C) groups is 1. The number of benzene rings is 3. The van der Waals surface area contributed by atoms with Crippen molar-refractivity contribution in [2.24, 2.45) is 4.99 Å². The highest BCUT2D eigenvalue weighted by Crippen LogP contribution is 2.28. The molecule has 6 heteroatoms. The minimum absolute atomic E-state index is 0.170. The number of rotatable bonds is 4. The van der Waals surface area contributed by atoms with Crippen molar-refractivity contribution >= 4 is 34.6 Å². The van der Waals surface area contributed by atoms with E-state index < -0.39 is 0 Å². The van der Waals surface area contributed by atoms with Crippen LogP contribution in [0.5, 0.6) is 0 Å². The second-order valence-corrected chi connectivity index (χ2v) is 7.31. The smallest absolute Gasteiger partial charge is 0.280 e. The van der Waals surface area contributed by atoms with E-state index in [1.165, 1.54) is 4.68 Å². The maximum atomic E-state index is 13.3. The van der Waals surface area contributed by atoms with E-state index in [2.05, 4.69) is 10.1 Å². The largest absolute Gasteiger partial charge is 0.290 e. The molecule has 3 aromatic carbocycles. The van der Waals surface area contributed by atoms with Crippen LogP contribution in [0, 0.1) is 0 Å². The molecule has 0 amide bonds. The summed E-state index contributed by atoms with van der Waals surface area (Å²) >= 11 is 12.1. The molecule has 0 aliphatic carbocycles. The number of aromatic nitrogens is 2. The van der Waals surface area contributed by atoms with Gasteiger partial charge in [0, 0.05) is 5.56 Å². The van der Waals surface area contributed by atoms with Crippen LogP contribution in [0.25, 0.3) is 16.9 Å². The molecule has 4 aromatic rings. The van der Waals surface area contributed by atoms with Crippen molar-refractivity contribution in [1.29, 1.82) is 0 Å². The van der Waals surface area contributed by atoms with Gasteiger partial charge in [-0.2, -0.15) is 0 Å². The zero-order chi connectivity index (χ0) is 20.4. The first-order valence-electron chi connectivity index (χ1n) is 9.01. The fourth-order valence-electron chi connectivity index (χ4n) is 3.15. The lowest BCUT2D eigenvalue weighted by molar-refractivity contribution is 0.852. The molecule has 4 rings (SSSR count). The van der Waals surface area contributed by atoms with Crippen molar-refractivity contribution in [3.63, 3.8) is 0 Å². The number of halogens is 2. The molecule has 1 aromatic heterocycles. The molecular formula is C23H17Cl2N3O. The molecule has 0 fully saturated rings. The minimum Gasteiger partial charge on any atom is -0.290 e. The maximum absolute atomic E-state index is 13.3. The van der Waals surface area contributed by atoms with Gasteiger partial charge in [-0.15, -0.1) is 0 Å². The Hall–Kier alpha value is -3.08. The summed E-state index contributed by atoms with van der Waals surface area (Å²) < 4.78 is 1.53. The third kappa shape index (κ3) is 3.90. The average molecular weight is 422 g/mol. The van der Waals surface area contributed by atoms with Crippen LogP contribution >= 0.6 is 23.2 Å². The van der Waals surface area contributed by atoms with Gasteiger partial charge >= 0.3 is 0 Å². The highest BCUT2D eigenvalue weighted by atomic mass is 35.5. The number of nitrogens with zero attached hydrogens (tertiary/aromatic N) is 2. The van der Waals surface area contributed by atoms with Gasteiger partial charge in [-0.1, -0.05) is 71.7 Å². The van der Waals surface area contributed by atoms with Gasteiger partial charge in [0.2, 0.25) is 0 Å². The molecule has 0 unspecified atom stereocenters. The lowest BCUT2D eigenvalue weighted by atomic mass is 10.1. The van der Waals surface area contributed by atoms with E-state index in [4.69, 9.17) is 23.2 Å². The summed E-state index contributed by atoms with van der Waals surface area (Å²) in [6.45, 7) is 1.81. The van der Waals surface area contributed by atoms with E-state index >= 15 is 0 Å². The second-order valence-electron chi connectivity index (χ2n) is 6.50. The second kappa shape index (κ2) is 8.11. The summed E-state index contributed by atoms with van der Waals surface area (Å²) in [6.07, 6.45) is 0. The standard InChI is InChI=1S/C23H17Cl2N3O/c1-15(26-17-12-13-19(24)20(25)14-17)21-22(16-8-4-2-5-9-16)27-28(23(21)29)18-10-6-3-7-11-18/h2-14,27H,1H3. The van der Waals surface area contributed by atoms with Gasteiger partial charge in [0.1, 0.15) is 0 Å². The van der Waals surface area contributed by atoms with Crippen molar-refractivity contribution in [2.45, 2.75) is 6.92 Å². The monoisotopic (exact) mass is 421 g/mol. The Bertz CT molecular complexity index is 1240. The molecule has 0 spiro atoms. The summed E-state index contributed by atoms with van der Waals surface area (Å²) in [5, 5.41) is 4.12. The van der Waals surface area contributed by atoms with Crippen LogP contribution < -0.4 is 5.56 Å². The van der Waals surface area contributed by atoms with Crippen LogP contribution in [0.4, 0.5) is 5.69 Å². The van der Waals surface area contributed by atoms with Gasteiger partial charge in [-0.25, -0.2) is 4.68 Å². The SMILES string of the molecule is CC(=Nc1ccc(Cl)c(Cl)c1)c1c(-c2ccccc2)[nH]n(-c2ccccc2)c1=O.